The third-order valence-corrected chi connectivity index (χ3v) is 6.64. The van der Waals surface area contributed by atoms with E-state index in [0.717, 1.165) is 11.3 Å². The second-order valence-corrected chi connectivity index (χ2v) is 9.01. The molecule has 26 heavy (non-hydrogen) atoms. The fraction of sp³-hybridized carbons (Fsp3) is 0.353. The first-order valence-corrected chi connectivity index (χ1v) is 10.5. The highest BCUT2D eigenvalue weighted by Crippen LogP contribution is 2.32. The maximum Gasteiger partial charge on any atom is 0.250 e. The smallest absolute Gasteiger partial charge is 0.250 e. The molecule has 1 amide bonds. The van der Waals surface area contributed by atoms with E-state index in [-0.39, 0.29) is 10.1 Å². The van der Waals surface area contributed by atoms with E-state index in [0.29, 0.717) is 30.4 Å². The Morgan fingerprint density at radius 2 is 1.88 bits per heavy atom. The van der Waals surface area contributed by atoms with Crippen molar-refractivity contribution in [3.05, 3.63) is 35.7 Å². The monoisotopic (exact) mass is 396 g/mol. The molecule has 140 valence electrons. The number of rotatable bonds is 6. The van der Waals surface area contributed by atoms with Gasteiger partial charge in [-0.1, -0.05) is 19.9 Å². The minimum absolute atomic E-state index is 0.176. The highest BCUT2D eigenvalue weighted by Gasteiger charge is 2.29. The van der Waals surface area contributed by atoms with Gasteiger partial charge in [-0.2, -0.15) is 4.72 Å². The molecule has 1 atom stereocenters. The van der Waals surface area contributed by atoms with E-state index in [2.05, 4.69) is 10.0 Å². The molecule has 7 nitrogen and oxygen atoms in total. The molecule has 2 heterocycles. The normalized spacial score (nSPS) is 14.9. The van der Waals surface area contributed by atoms with Crippen LogP contribution in [-0.2, 0) is 14.8 Å². The van der Waals surface area contributed by atoms with Crippen LogP contribution in [-0.4, -0.2) is 33.6 Å². The number of anilines is 1. The molecule has 0 saturated carbocycles. The van der Waals surface area contributed by atoms with Crippen LogP contribution in [0.5, 0.6) is 11.5 Å². The van der Waals surface area contributed by atoms with Crippen molar-refractivity contribution in [3.63, 3.8) is 0 Å². The summed E-state index contributed by atoms with van der Waals surface area (Å²) in [6, 6.07) is 7.32. The molecule has 0 fully saturated rings. The number of nitrogens with one attached hydrogen (secondary N) is 2. The second kappa shape index (κ2) is 7.65. The molecule has 1 unspecified atom stereocenters. The molecule has 1 aromatic carbocycles. The van der Waals surface area contributed by atoms with Crippen LogP contribution in [0.2, 0.25) is 0 Å². The average molecular weight is 396 g/mol. The van der Waals surface area contributed by atoms with Gasteiger partial charge in [0.25, 0.3) is 10.0 Å². The summed E-state index contributed by atoms with van der Waals surface area (Å²) < 4.78 is 38.5. The Labute approximate surface area is 156 Å². The zero-order valence-corrected chi connectivity index (χ0v) is 16.0. The van der Waals surface area contributed by atoms with Gasteiger partial charge in [0, 0.05) is 11.8 Å². The lowest BCUT2D eigenvalue weighted by molar-refractivity contribution is -0.118. The van der Waals surface area contributed by atoms with Crippen LogP contribution in [0, 0.1) is 5.92 Å². The molecule has 0 aliphatic carbocycles. The van der Waals surface area contributed by atoms with Crippen LogP contribution >= 0.6 is 11.3 Å². The lowest BCUT2D eigenvalue weighted by atomic mass is 10.0. The van der Waals surface area contributed by atoms with E-state index in [4.69, 9.17) is 9.47 Å². The Kier molecular flexibility index (Phi) is 5.49. The van der Waals surface area contributed by atoms with Crippen LogP contribution in [0.1, 0.15) is 13.8 Å². The summed E-state index contributed by atoms with van der Waals surface area (Å²) in [7, 11) is -3.75. The standard InChI is InChI=1S/C17H20N2O5S2/c1-11(2)16(19-26(21,22)15-4-3-9-25-15)17(20)18-12-5-6-13-14(10-12)24-8-7-23-13/h3-6,9-11,16,19H,7-8H2,1-2H3,(H,18,20). The molecule has 0 radical (unpaired) electrons. The average Bonchev–Trinajstić information content (AvgIpc) is 3.15. The van der Waals surface area contributed by atoms with Crippen molar-refractivity contribution in [1.29, 1.82) is 0 Å². The molecule has 2 aromatic rings. The molecule has 9 heteroatoms. The Morgan fingerprint density at radius 1 is 1.15 bits per heavy atom. The number of sulfonamides is 1. The van der Waals surface area contributed by atoms with Gasteiger partial charge in [-0.05, 0) is 29.5 Å². The quantitative estimate of drug-likeness (QED) is 0.782. The van der Waals surface area contributed by atoms with Crippen molar-refractivity contribution in [3.8, 4) is 11.5 Å². The summed E-state index contributed by atoms with van der Waals surface area (Å²) in [6.07, 6.45) is 0. The minimum atomic E-state index is -3.75. The lowest BCUT2D eigenvalue weighted by Crippen LogP contribution is -2.46. The summed E-state index contributed by atoms with van der Waals surface area (Å²) in [6.45, 7) is 4.49. The van der Waals surface area contributed by atoms with E-state index >= 15 is 0 Å². The number of hydrogen-bond acceptors (Lipinski definition) is 6. The third-order valence-electron chi connectivity index (χ3n) is 3.80. The van der Waals surface area contributed by atoms with Crippen molar-refractivity contribution in [2.75, 3.05) is 18.5 Å². The largest absolute Gasteiger partial charge is 0.486 e. The van der Waals surface area contributed by atoms with Crippen molar-refractivity contribution in [2.45, 2.75) is 24.1 Å². The zero-order valence-electron chi connectivity index (χ0n) is 14.4. The molecule has 0 spiro atoms. The highest BCUT2D eigenvalue weighted by atomic mass is 32.2. The van der Waals surface area contributed by atoms with Gasteiger partial charge in [-0.3, -0.25) is 4.79 Å². The van der Waals surface area contributed by atoms with E-state index in [9.17, 15) is 13.2 Å². The first-order chi connectivity index (χ1) is 12.4. The van der Waals surface area contributed by atoms with Crippen LogP contribution in [0.4, 0.5) is 5.69 Å². The molecule has 1 aromatic heterocycles. The van der Waals surface area contributed by atoms with E-state index in [1.165, 1.54) is 6.07 Å². The van der Waals surface area contributed by atoms with Crippen LogP contribution in [0.25, 0.3) is 0 Å². The van der Waals surface area contributed by atoms with Gasteiger partial charge >= 0.3 is 0 Å². The van der Waals surface area contributed by atoms with Crippen molar-refractivity contribution >= 4 is 33.0 Å². The van der Waals surface area contributed by atoms with E-state index in [1.807, 2.05) is 0 Å². The first-order valence-electron chi connectivity index (χ1n) is 8.13. The molecule has 1 aliphatic heterocycles. The topological polar surface area (TPSA) is 93.7 Å². The van der Waals surface area contributed by atoms with Gasteiger partial charge < -0.3 is 14.8 Å². The SMILES string of the molecule is CC(C)C(NS(=O)(=O)c1cccs1)C(=O)Nc1ccc2c(c1)OCCO2. The fourth-order valence-corrected chi connectivity index (χ4v) is 4.83. The van der Waals surface area contributed by atoms with Crippen LogP contribution in [0.3, 0.4) is 0 Å². The van der Waals surface area contributed by atoms with Crippen molar-refractivity contribution in [1.82, 2.24) is 4.72 Å². The highest BCUT2D eigenvalue weighted by molar-refractivity contribution is 7.91. The number of amides is 1. The summed E-state index contributed by atoms with van der Waals surface area (Å²) in [5.74, 6) is 0.501. The Bertz CT molecular complexity index is 879. The Balaban J connectivity index is 1.75. The van der Waals surface area contributed by atoms with Gasteiger partial charge in [0.15, 0.2) is 11.5 Å². The van der Waals surface area contributed by atoms with Gasteiger partial charge in [-0.15, -0.1) is 11.3 Å². The number of carbonyl (C=O) groups is 1. The van der Waals surface area contributed by atoms with Crippen LogP contribution in [0.15, 0.2) is 39.9 Å². The lowest BCUT2D eigenvalue weighted by Gasteiger charge is -2.22. The van der Waals surface area contributed by atoms with E-state index in [1.54, 1.807) is 43.5 Å². The number of thiophene rings is 1. The molecule has 0 saturated heterocycles. The summed E-state index contributed by atoms with van der Waals surface area (Å²) in [5, 5.41) is 4.42. The Morgan fingerprint density at radius 3 is 2.54 bits per heavy atom. The van der Waals surface area contributed by atoms with Crippen molar-refractivity contribution < 1.29 is 22.7 Å². The third kappa shape index (κ3) is 4.17. The number of ether oxygens (including phenoxy) is 2. The van der Waals surface area contributed by atoms with Gasteiger partial charge in [-0.25, -0.2) is 8.42 Å². The maximum atomic E-state index is 12.7. The second-order valence-electron chi connectivity index (χ2n) is 6.12. The number of benzene rings is 1. The molecule has 0 bridgehead atoms. The Hall–Kier alpha value is -2.10. The van der Waals surface area contributed by atoms with E-state index < -0.39 is 22.0 Å². The molecule has 3 rings (SSSR count). The maximum absolute atomic E-state index is 12.7. The summed E-state index contributed by atoms with van der Waals surface area (Å²) in [5.41, 5.74) is 0.514. The number of carbonyl (C=O) groups excluding carboxylic acids is 1. The number of hydrogen-bond donors (Lipinski definition) is 2. The number of fused-ring (bicyclic) bond motifs is 1. The summed E-state index contributed by atoms with van der Waals surface area (Å²) >= 11 is 1.10. The zero-order chi connectivity index (χ0) is 18.7. The fourth-order valence-electron chi connectivity index (χ4n) is 2.48. The summed E-state index contributed by atoms with van der Waals surface area (Å²) in [4.78, 5) is 12.7. The first kappa shape index (κ1) is 18.7. The van der Waals surface area contributed by atoms with Gasteiger partial charge in [0.1, 0.15) is 23.5 Å². The van der Waals surface area contributed by atoms with Crippen LogP contribution < -0.4 is 19.5 Å². The van der Waals surface area contributed by atoms with Gasteiger partial charge in [0.2, 0.25) is 5.91 Å². The van der Waals surface area contributed by atoms with Gasteiger partial charge in [0.05, 0.1) is 0 Å². The molecular formula is C17H20N2O5S2. The minimum Gasteiger partial charge on any atom is -0.486 e. The molecular weight excluding hydrogens is 376 g/mol. The molecule has 1 aliphatic rings. The van der Waals surface area contributed by atoms with Crippen molar-refractivity contribution in [2.24, 2.45) is 5.92 Å². The molecule has 2 N–H and O–H groups in total. The predicted octanol–water partition coefficient (Wildman–Crippen LogP) is 2.46. The predicted molar refractivity (Wildman–Crippen MR) is 99.3 cm³/mol.